The van der Waals surface area contributed by atoms with Crippen molar-refractivity contribution in [3.05, 3.63) is 504 Å². The fourth-order valence-corrected chi connectivity index (χ4v) is 17.2. The largest absolute Gasteiger partial charge is 3.00 e. The molecule has 669 valence electrons. The Balaban J connectivity index is 0.000000168. The van der Waals surface area contributed by atoms with Gasteiger partial charge in [-0.15, -0.1) is 226 Å². The SMILES string of the molecule is C.C.CC(=O)C=C(C)O.[Ir+3].[Ir+3].[Ir].[c-]1c(-c2ccccn2)sc2ccccc12.[c-]1c(-c2ccccn2)sc2ccccc12.[c-]1c(-c2ccccn2)sc2ccccc12.[c-]1c(-c2ccccn2)sc2ccccc12.[c-]1c(-c2ccccn2)sc2ccccc12.[c-]1ccccc1-c1ccccn1.[c-]1ccccc1-c1ccccn1.[c-]1ccccc1-c1ccccn1.c1ccc(-c2ccccn2)cc1. The van der Waals surface area contributed by atoms with Crippen LogP contribution in [0.25, 0.3) is 148 Å². The van der Waals surface area contributed by atoms with Gasteiger partial charge >= 0.3 is 40.2 Å². The van der Waals surface area contributed by atoms with Crippen LogP contribution in [0.2, 0.25) is 0 Å². The summed E-state index contributed by atoms with van der Waals surface area (Å²) in [4.78, 5) is 54.1. The molecule has 19 heteroatoms. The van der Waals surface area contributed by atoms with Gasteiger partial charge in [-0.05, 0) is 139 Å². The van der Waals surface area contributed by atoms with Crippen LogP contribution in [0.4, 0.5) is 0 Å². The molecule has 23 rings (SSSR count). The van der Waals surface area contributed by atoms with Crippen molar-refractivity contribution in [3.63, 3.8) is 0 Å². The van der Waals surface area contributed by atoms with Gasteiger partial charge in [-0.1, -0.05) is 209 Å². The Labute approximate surface area is 850 Å². The predicted octanol–water partition coefficient (Wildman–Crippen LogP) is 31.5. The zero-order valence-electron chi connectivity index (χ0n) is 71.6. The number of rotatable bonds is 10. The maximum absolute atomic E-state index is 10.0. The Morgan fingerprint density at radius 3 is 0.615 bits per heavy atom. The van der Waals surface area contributed by atoms with Gasteiger partial charge < -0.3 is 45.0 Å². The maximum Gasteiger partial charge on any atom is 3.00 e. The van der Waals surface area contributed by atoms with Crippen LogP contribution >= 0.6 is 56.7 Å². The summed E-state index contributed by atoms with van der Waals surface area (Å²) in [6.45, 7) is 2.85. The van der Waals surface area contributed by atoms with Gasteiger partial charge in [0.25, 0.3) is 0 Å². The minimum Gasteiger partial charge on any atom is -0.512 e. The molecule has 0 spiro atoms. The number of nitrogens with zero attached hydrogens (tertiary/aromatic N) is 9. The summed E-state index contributed by atoms with van der Waals surface area (Å²) in [5.74, 6) is -0.0625. The van der Waals surface area contributed by atoms with Crippen LogP contribution in [-0.2, 0) is 65.1 Å². The van der Waals surface area contributed by atoms with Crippen molar-refractivity contribution in [3.8, 4) is 97.9 Å². The predicted molar refractivity (Wildman–Crippen MR) is 555 cm³/mol. The first-order valence-corrected chi connectivity index (χ1v) is 45.3. The first kappa shape index (κ1) is 105. The Morgan fingerprint density at radius 1 is 0.244 bits per heavy atom. The Bertz CT molecular complexity index is 6000. The monoisotopic (exact) mass is 2380 g/mol. The number of aliphatic hydroxyl groups excluding tert-OH is 1. The summed E-state index contributed by atoms with van der Waals surface area (Å²) in [6, 6.07) is 155. The maximum atomic E-state index is 10.0. The number of ketones is 1. The second-order valence-corrected chi connectivity index (χ2v) is 33.0. The van der Waals surface area contributed by atoms with Crippen molar-refractivity contribution >= 4 is 113 Å². The molecule has 0 aliphatic carbocycles. The van der Waals surface area contributed by atoms with Gasteiger partial charge in [-0.3, -0.25) is 9.78 Å². The summed E-state index contributed by atoms with van der Waals surface area (Å²) < 4.78 is 6.31. The second-order valence-electron chi connectivity index (χ2n) is 27.8. The average Bonchev–Trinajstić information content (AvgIpc) is 1.70. The number of hydrogen-bond donors (Lipinski definition) is 1. The number of allylic oxidation sites excluding steroid dienone is 2. The minimum absolute atomic E-state index is 0. The van der Waals surface area contributed by atoms with Gasteiger partial charge in [0.1, 0.15) is 0 Å². The van der Waals surface area contributed by atoms with E-state index < -0.39 is 0 Å². The Kier molecular flexibility index (Phi) is 44.8. The van der Waals surface area contributed by atoms with Gasteiger partial charge in [0.15, 0.2) is 5.78 Å². The number of benzene rings is 9. The van der Waals surface area contributed by atoms with Crippen LogP contribution < -0.4 is 0 Å². The summed E-state index contributed by atoms with van der Waals surface area (Å²) in [7, 11) is 0. The van der Waals surface area contributed by atoms with E-state index in [0.717, 1.165) is 97.9 Å². The quantitative estimate of drug-likeness (QED) is 0.0791. The first-order chi connectivity index (χ1) is 64.2. The third-order valence-electron chi connectivity index (χ3n) is 18.3. The first-order valence-electron chi connectivity index (χ1n) is 41.3. The smallest absolute Gasteiger partial charge is 0.512 e. The molecule has 135 heavy (non-hydrogen) atoms. The van der Waals surface area contributed by atoms with E-state index in [4.69, 9.17) is 5.11 Å². The van der Waals surface area contributed by atoms with Crippen molar-refractivity contribution in [2.24, 2.45) is 0 Å². The van der Waals surface area contributed by atoms with Gasteiger partial charge in [-0.25, -0.2) is 56.7 Å². The zero-order valence-corrected chi connectivity index (χ0v) is 82.9. The third kappa shape index (κ3) is 33.2. The molecule has 0 aliphatic rings. The Morgan fingerprint density at radius 2 is 0.437 bits per heavy atom. The van der Waals surface area contributed by atoms with E-state index in [1.165, 1.54) is 70.4 Å². The van der Waals surface area contributed by atoms with Crippen molar-refractivity contribution in [2.45, 2.75) is 28.7 Å². The fourth-order valence-electron chi connectivity index (χ4n) is 12.3. The molecule has 0 unspecified atom stereocenters. The van der Waals surface area contributed by atoms with Gasteiger partial charge in [-0.2, -0.15) is 0 Å². The minimum atomic E-state index is -0.125. The molecule has 0 atom stereocenters. The molecule has 0 saturated carbocycles. The van der Waals surface area contributed by atoms with E-state index in [1.807, 2.05) is 322 Å². The molecular weight excluding hydrogens is 2290 g/mol. The van der Waals surface area contributed by atoms with Crippen LogP contribution in [0.15, 0.2) is 456 Å². The normalized spacial score (nSPS) is 9.96. The summed E-state index contributed by atoms with van der Waals surface area (Å²) >= 11 is 8.66. The van der Waals surface area contributed by atoms with Crippen LogP contribution in [0, 0.1) is 48.5 Å². The van der Waals surface area contributed by atoms with Gasteiger partial charge in [0.05, 0.1) is 11.5 Å². The number of hydrogen-bond acceptors (Lipinski definition) is 16. The summed E-state index contributed by atoms with van der Waals surface area (Å²) in [5.41, 5.74) is 13.2. The molecule has 1 radical (unpaired) electrons. The topological polar surface area (TPSA) is 153 Å². The van der Waals surface area contributed by atoms with Gasteiger partial charge in [0, 0.05) is 116 Å². The number of fused-ring (bicyclic) bond motifs is 5. The van der Waals surface area contributed by atoms with Crippen LogP contribution in [0.5, 0.6) is 0 Å². The fraction of sp³-hybridized carbons (Fsp3) is 0.0345. The molecule has 23 aromatic rings. The number of pyridine rings is 9. The molecule has 0 saturated heterocycles. The summed E-state index contributed by atoms with van der Waals surface area (Å²) in [6.07, 6.45) is 17.4. The second kappa shape index (κ2) is 57.7. The third-order valence-corrected chi connectivity index (χ3v) is 23.8. The van der Waals surface area contributed by atoms with E-state index in [1.54, 1.807) is 75.3 Å². The van der Waals surface area contributed by atoms with E-state index in [0.29, 0.717) is 0 Å². The van der Waals surface area contributed by atoms with Gasteiger partial charge in [0.2, 0.25) is 0 Å². The van der Waals surface area contributed by atoms with Crippen molar-refractivity contribution in [2.75, 3.05) is 0 Å². The van der Waals surface area contributed by atoms with E-state index in [2.05, 4.69) is 197 Å². The van der Waals surface area contributed by atoms with Crippen molar-refractivity contribution in [1.82, 2.24) is 44.9 Å². The van der Waals surface area contributed by atoms with E-state index in [-0.39, 0.29) is 86.7 Å². The number of carbonyl (C=O) groups excluding carboxylic acids is 1. The molecular formula is C116H89Ir3N9O2S5-2. The van der Waals surface area contributed by atoms with Crippen LogP contribution in [0.3, 0.4) is 0 Å². The zero-order chi connectivity index (χ0) is 89.2. The van der Waals surface area contributed by atoms with Crippen molar-refractivity contribution < 1.29 is 70.2 Å². The number of aliphatic hydroxyl groups is 1. The molecule has 0 amide bonds. The average molecular weight is 2380 g/mol. The molecule has 11 nitrogen and oxygen atoms in total. The van der Waals surface area contributed by atoms with Crippen LogP contribution in [-0.4, -0.2) is 55.7 Å². The molecule has 0 bridgehead atoms. The number of aromatic nitrogens is 9. The van der Waals surface area contributed by atoms with Crippen molar-refractivity contribution in [1.29, 1.82) is 0 Å². The number of thiophene rings is 5. The van der Waals surface area contributed by atoms with Crippen LogP contribution in [0.1, 0.15) is 28.7 Å². The standard InChI is InChI=1S/5C13H8NS.C11H9N.3C11H8N.C5H8O2.2CH4.3Ir/c5*1-2-7-12-10(5-1)9-13(15-12)11-6-3-4-8-14-11;4*1-2-6-10(7-3-1)11-8-4-5-9-12-11;1-4(6)3-5(2)7;;;;;/h5*1-8H;1-9H;3*1-6,8-9H;3,6H,1-2H3;2*1H4;;;/q5*-1;;3*-1;;;;;2*+3. The van der Waals surface area contributed by atoms with E-state index >= 15 is 0 Å². The molecule has 1 N–H and O–H groups in total. The van der Waals surface area contributed by atoms with E-state index in [9.17, 15) is 4.79 Å². The molecule has 0 fully saturated rings. The molecule has 0 aliphatic heterocycles. The molecule has 14 aromatic heterocycles. The Hall–Kier alpha value is -13.7. The molecule has 14 heterocycles. The molecule has 9 aromatic carbocycles. The summed E-state index contributed by atoms with van der Waals surface area (Å²) in [5, 5.41) is 14.2. The number of carbonyl (C=O) groups is 1.